The number of nitro groups is 1. The number of rotatable bonds is 1. The molecule has 0 saturated carbocycles. The number of halogens is 1. The second kappa shape index (κ2) is 3.93. The van der Waals surface area contributed by atoms with Crippen LogP contribution in [0.3, 0.4) is 0 Å². The van der Waals surface area contributed by atoms with Gasteiger partial charge in [-0.15, -0.1) is 12.6 Å². The Morgan fingerprint density at radius 3 is 2.62 bits per heavy atom. The fraction of sp³-hybridized carbons (Fsp3) is 0. The summed E-state index contributed by atoms with van der Waals surface area (Å²) >= 11 is 5.74. The molecule has 66 valence electrons. The second-order valence-electron chi connectivity index (χ2n) is 2.19. The topological polar surface area (TPSA) is 66.9 Å². The minimum atomic E-state index is -0.509. The van der Waals surface area contributed by atoms with Crippen LogP contribution < -0.4 is 0 Å². The quantitative estimate of drug-likeness (QED) is 0.375. The van der Waals surface area contributed by atoms with Crippen LogP contribution in [0.25, 0.3) is 0 Å². The summed E-state index contributed by atoms with van der Waals surface area (Å²) in [5.41, 5.74) is 0.322. The predicted octanol–water partition coefficient (Wildman–Crippen LogP) is 2.36. The molecule has 0 atom stereocenters. The fourth-order valence-electron chi connectivity index (χ4n) is 0.830. The first-order valence-electron chi connectivity index (χ1n) is 3.13. The Labute approximate surface area is 93.3 Å². The standard InChI is InChI=1S/C7H3IN2O2S/c8-5-1-4(3-9)2-6(13)7(5)10(11)12/h1-2,13H. The number of nitriles is 1. The zero-order chi connectivity index (χ0) is 10.0. The molecule has 13 heavy (non-hydrogen) atoms. The van der Waals surface area contributed by atoms with Gasteiger partial charge in [0, 0.05) is 0 Å². The van der Waals surface area contributed by atoms with Crippen molar-refractivity contribution >= 4 is 40.9 Å². The first-order chi connectivity index (χ1) is 6.06. The number of benzene rings is 1. The smallest absolute Gasteiger partial charge is 0.258 e. The van der Waals surface area contributed by atoms with Gasteiger partial charge in [-0.05, 0) is 34.7 Å². The van der Waals surface area contributed by atoms with Crippen LogP contribution in [-0.4, -0.2) is 4.92 Å². The highest BCUT2D eigenvalue weighted by Crippen LogP contribution is 2.29. The third-order valence-corrected chi connectivity index (χ3v) is 2.52. The summed E-state index contributed by atoms with van der Waals surface area (Å²) in [6.07, 6.45) is 0. The molecule has 0 unspecified atom stereocenters. The van der Waals surface area contributed by atoms with Crippen molar-refractivity contribution in [3.05, 3.63) is 31.4 Å². The Balaban J connectivity index is 3.42. The van der Waals surface area contributed by atoms with Crippen molar-refractivity contribution in [3.8, 4) is 6.07 Å². The molecule has 0 aromatic heterocycles. The van der Waals surface area contributed by atoms with Crippen LogP contribution in [-0.2, 0) is 0 Å². The predicted molar refractivity (Wildman–Crippen MR) is 57.8 cm³/mol. The summed E-state index contributed by atoms with van der Waals surface area (Å²) < 4.78 is 0.423. The van der Waals surface area contributed by atoms with Crippen molar-refractivity contribution in [1.29, 1.82) is 5.26 Å². The van der Waals surface area contributed by atoms with Gasteiger partial charge in [0.25, 0.3) is 5.69 Å². The van der Waals surface area contributed by atoms with E-state index in [4.69, 9.17) is 5.26 Å². The van der Waals surface area contributed by atoms with E-state index in [1.54, 1.807) is 0 Å². The minimum absolute atomic E-state index is 0.0528. The summed E-state index contributed by atoms with van der Waals surface area (Å²) in [5.74, 6) is 0. The monoisotopic (exact) mass is 306 g/mol. The first kappa shape index (κ1) is 10.3. The summed E-state index contributed by atoms with van der Waals surface area (Å²) in [4.78, 5) is 10.2. The van der Waals surface area contributed by atoms with Gasteiger partial charge in [-0.1, -0.05) is 0 Å². The normalized spacial score (nSPS) is 9.31. The van der Waals surface area contributed by atoms with Crippen molar-refractivity contribution in [2.45, 2.75) is 4.90 Å². The summed E-state index contributed by atoms with van der Waals surface area (Å²) in [5, 5.41) is 19.1. The molecule has 1 aromatic rings. The number of hydrogen-bond donors (Lipinski definition) is 1. The van der Waals surface area contributed by atoms with Gasteiger partial charge < -0.3 is 0 Å². The molecule has 0 saturated heterocycles. The van der Waals surface area contributed by atoms with Crippen LogP contribution in [0, 0.1) is 25.0 Å². The van der Waals surface area contributed by atoms with E-state index in [0.29, 0.717) is 9.13 Å². The second-order valence-corrected chi connectivity index (χ2v) is 3.84. The fourth-order valence-corrected chi connectivity index (χ4v) is 2.21. The number of thiol groups is 1. The number of nitro benzene ring substituents is 1. The van der Waals surface area contributed by atoms with E-state index in [1.807, 2.05) is 28.7 Å². The molecular weight excluding hydrogens is 303 g/mol. The van der Waals surface area contributed by atoms with Crippen molar-refractivity contribution in [2.75, 3.05) is 0 Å². The third-order valence-electron chi connectivity index (χ3n) is 1.35. The Kier molecular flexibility index (Phi) is 3.11. The largest absolute Gasteiger partial charge is 0.295 e. The molecule has 0 bridgehead atoms. The SMILES string of the molecule is N#Cc1cc(S)c([N+](=O)[O-])c(I)c1. The zero-order valence-corrected chi connectivity index (χ0v) is 9.24. The van der Waals surface area contributed by atoms with Gasteiger partial charge in [0.15, 0.2) is 0 Å². The highest BCUT2D eigenvalue weighted by molar-refractivity contribution is 14.1. The Morgan fingerprint density at radius 2 is 2.23 bits per heavy atom. The molecule has 4 nitrogen and oxygen atoms in total. The lowest BCUT2D eigenvalue weighted by Gasteiger charge is -1.98. The lowest BCUT2D eigenvalue weighted by molar-refractivity contribution is -0.388. The van der Waals surface area contributed by atoms with Gasteiger partial charge in [-0.25, -0.2) is 0 Å². The van der Waals surface area contributed by atoms with Crippen LogP contribution in [0.15, 0.2) is 17.0 Å². The Morgan fingerprint density at radius 1 is 1.62 bits per heavy atom. The van der Waals surface area contributed by atoms with Crippen molar-refractivity contribution in [1.82, 2.24) is 0 Å². The average Bonchev–Trinajstić information content (AvgIpc) is 2.02. The average molecular weight is 306 g/mol. The van der Waals surface area contributed by atoms with E-state index in [-0.39, 0.29) is 10.6 Å². The first-order valence-corrected chi connectivity index (χ1v) is 4.66. The van der Waals surface area contributed by atoms with E-state index < -0.39 is 4.92 Å². The molecule has 0 aliphatic carbocycles. The molecule has 0 aliphatic rings. The zero-order valence-electron chi connectivity index (χ0n) is 6.19. The molecule has 0 spiro atoms. The Bertz CT molecular complexity index is 390. The highest BCUT2D eigenvalue weighted by Gasteiger charge is 2.16. The lowest BCUT2D eigenvalue weighted by Crippen LogP contribution is -1.94. The van der Waals surface area contributed by atoms with Gasteiger partial charge in [0.2, 0.25) is 0 Å². The van der Waals surface area contributed by atoms with Gasteiger partial charge in [-0.2, -0.15) is 5.26 Å². The van der Waals surface area contributed by atoms with Gasteiger partial charge in [0.05, 0.1) is 25.0 Å². The molecule has 6 heteroatoms. The van der Waals surface area contributed by atoms with Crippen LogP contribution in [0.5, 0.6) is 0 Å². The van der Waals surface area contributed by atoms with Crippen molar-refractivity contribution in [3.63, 3.8) is 0 Å². The number of nitrogens with zero attached hydrogens (tertiary/aromatic N) is 2. The Hall–Kier alpha value is -0.810. The maximum Gasteiger partial charge on any atom is 0.295 e. The van der Waals surface area contributed by atoms with Crippen molar-refractivity contribution < 1.29 is 4.92 Å². The molecule has 0 radical (unpaired) electrons. The third kappa shape index (κ3) is 2.10. The van der Waals surface area contributed by atoms with E-state index in [0.717, 1.165) is 0 Å². The molecular formula is C7H3IN2O2S. The maximum atomic E-state index is 10.5. The minimum Gasteiger partial charge on any atom is -0.258 e. The summed E-state index contributed by atoms with van der Waals surface area (Å²) in [6, 6.07) is 4.73. The summed E-state index contributed by atoms with van der Waals surface area (Å²) in [7, 11) is 0. The lowest BCUT2D eigenvalue weighted by atomic mass is 10.2. The van der Waals surface area contributed by atoms with Crippen molar-refractivity contribution in [2.24, 2.45) is 0 Å². The van der Waals surface area contributed by atoms with Crippen LogP contribution >= 0.6 is 35.2 Å². The van der Waals surface area contributed by atoms with E-state index >= 15 is 0 Å². The van der Waals surface area contributed by atoms with E-state index in [1.165, 1.54) is 12.1 Å². The van der Waals surface area contributed by atoms with Gasteiger partial charge in [0.1, 0.15) is 0 Å². The van der Waals surface area contributed by atoms with E-state index in [9.17, 15) is 10.1 Å². The molecule has 1 rings (SSSR count). The molecule has 0 aliphatic heterocycles. The van der Waals surface area contributed by atoms with E-state index in [2.05, 4.69) is 12.6 Å². The van der Waals surface area contributed by atoms with Crippen LogP contribution in [0.1, 0.15) is 5.56 Å². The van der Waals surface area contributed by atoms with Crippen LogP contribution in [0.2, 0.25) is 0 Å². The summed E-state index contributed by atoms with van der Waals surface area (Å²) in [6.45, 7) is 0. The number of hydrogen-bond acceptors (Lipinski definition) is 4. The molecule has 0 fully saturated rings. The highest BCUT2D eigenvalue weighted by atomic mass is 127. The molecule has 1 aromatic carbocycles. The van der Waals surface area contributed by atoms with Gasteiger partial charge >= 0.3 is 0 Å². The molecule has 0 heterocycles. The maximum absolute atomic E-state index is 10.5. The molecule has 0 amide bonds. The van der Waals surface area contributed by atoms with Crippen LogP contribution in [0.4, 0.5) is 5.69 Å². The van der Waals surface area contributed by atoms with Gasteiger partial charge in [-0.3, -0.25) is 10.1 Å². The molecule has 0 N–H and O–H groups in total.